The average molecular weight is 423 g/mol. The zero-order chi connectivity index (χ0) is 22.9. The van der Waals surface area contributed by atoms with Crippen molar-refractivity contribution in [2.45, 2.75) is 99.3 Å². The van der Waals surface area contributed by atoms with Crippen LogP contribution in [0.1, 0.15) is 99.3 Å². The van der Waals surface area contributed by atoms with Gasteiger partial charge >= 0.3 is 11.9 Å². The van der Waals surface area contributed by atoms with Gasteiger partial charge in [-0.3, -0.25) is 4.79 Å². The first-order valence-electron chi connectivity index (χ1n) is 11.7. The van der Waals surface area contributed by atoms with Crippen LogP contribution in [0.25, 0.3) is 0 Å². The van der Waals surface area contributed by atoms with E-state index >= 15 is 0 Å². The lowest BCUT2D eigenvalue weighted by molar-refractivity contribution is -0.142. The van der Waals surface area contributed by atoms with Crippen LogP contribution in [-0.4, -0.2) is 26.2 Å². The summed E-state index contributed by atoms with van der Waals surface area (Å²) in [4.78, 5) is 22.2. The third kappa shape index (κ3) is 9.66. The van der Waals surface area contributed by atoms with Gasteiger partial charge in [-0.25, -0.2) is 4.79 Å². The van der Waals surface area contributed by atoms with Crippen molar-refractivity contribution in [1.82, 2.24) is 0 Å². The van der Waals surface area contributed by atoms with E-state index in [0.29, 0.717) is 23.2 Å². The Morgan fingerprint density at radius 1 is 0.800 bits per heavy atom. The normalized spacial score (nSPS) is 24.9. The Morgan fingerprint density at radius 2 is 1.27 bits per heavy atom. The van der Waals surface area contributed by atoms with E-state index < -0.39 is 0 Å². The molecule has 174 valence electrons. The molecular weight excluding hydrogens is 376 g/mol. The first-order chi connectivity index (χ1) is 13.9. The molecule has 2 aliphatic rings. The molecule has 0 saturated heterocycles. The van der Waals surface area contributed by atoms with Crippen LogP contribution in [0, 0.1) is 28.6 Å². The molecule has 2 rings (SSSR count). The Morgan fingerprint density at radius 3 is 1.67 bits per heavy atom. The van der Waals surface area contributed by atoms with E-state index in [1.807, 2.05) is 0 Å². The van der Waals surface area contributed by atoms with E-state index in [1.165, 1.54) is 58.3 Å². The van der Waals surface area contributed by atoms with E-state index in [9.17, 15) is 9.59 Å². The highest BCUT2D eigenvalue weighted by molar-refractivity contribution is 5.82. The third-order valence-corrected chi connectivity index (χ3v) is 7.13. The molecule has 2 aliphatic carbocycles. The van der Waals surface area contributed by atoms with Gasteiger partial charge in [0.25, 0.3) is 0 Å². The van der Waals surface area contributed by atoms with Crippen molar-refractivity contribution in [1.29, 1.82) is 0 Å². The van der Waals surface area contributed by atoms with Gasteiger partial charge in [0.15, 0.2) is 0 Å². The van der Waals surface area contributed by atoms with Gasteiger partial charge in [0.1, 0.15) is 0 Å². The summed E-state index contributed by atoms with van der Waals surface area (Å²) in [6, 6.07) is 0. The standard InChI is InChI=1S/C13H24O2.C13H22O2/c2*1-13(2,3)11-7-5-10(6-8-11)9-12(14)15-4/h10-11H,5-9H2,1-4H3;9,11H,5-8H2,1-4H3. The third-order valence-electron chi connectivity index (χ3n) is 7.13. The number of hydrogen-bond donors (Lipinski definition) is 0. The Balaban J connectivity index is 0.000000300. The zero-order valence-electron chi connectivity index (χ0n) is 20.8. The summed E-state index contributed by atoms with van der Waals surface area (Å²) in [6.45, 7) is 13.8. The van der Waals surface area contributed by atoms with Crippen molar-refractivity contribution in [2.24, 2.45) is 28.6 Å². The molecule has 4 heteroatoms. The Kier molecular flexibility index (Phi) is 10.6. The van der Waals surface area contributed by atoms with Crippen molar-refractivity contribution < 1.29 is 19.1 Å². The second kappa shape index (κ2) is 11.9. The predicted octanol–water partition coefficient (Wildman–Crippen LogP) is 6.72. The maximum atomic E-state index is 11.1. The number of allylic oxidation sites excluding steroid dienone is 1. The summed E-state index contributed by atoms with van der Waals surface area (Å²) in [5.74, 6) is 1.92. The Labute approximate surface area is 185 Å². The fourth-order valence-corrected chi connectivity index (χ4v) is 4.78. The molecule has 4 nitrogen and oxygen atoms in total. The SMILES string of the molecule is COC(=O)C=C1CCC(C(C)(C)C)CC1.COC(=O)CC1CCC(C(C)(C)C)CC1. The highest BCUT2D eigenvalue weighted by Crippen LogP contribution is 2.41. The van der Waals surface area contributed by atoms with Crippen LogP contribution in [0.5, 0.6) is 0 Å². The number of esters is 2. The molecule has 0 aromatic carbocycles. The zero-order valence-corrected chi connectivity index (χ0v) is 20.8. The Hall–Kier alpha value is -1.32. The fraction of sp³-hybridized carbons (Fsp3) is 0.846. The summed E-state index contributed by atoms with van der Waals surface area (Å²) >= 11 is 0. The lowest BCUT2D eigenvalue weighted by atomic mass is 9.69. The quantitative estimate of drug-likeness (QED) is 0.374. The number of methoxy groups -OCH3 is 2. The van der Waals surface area contributed by atoms with Crippen LogP contribution in [0.2, 0.25) is 0 Å². The van der Waals surface area contributed by atoms with Crippen molar-refractivity contribution in [2.75, 3.05) is 14.2 Å². The molecule has 0 N–H and O–H groups in total. The number of carbonyl (C=O) groups is 2. The summed E-state index contributed by atoms with van der Waals surface area (Å²) in [5.41, 5.74) is 2.08. The molecule has 2 fully saturated rings. The number of ether oxygens (including phenoxy) is 2. The highest BCUT2D eigenvalue weighted by atomic mass is 16.5. The molecule has 0 spiro atoms. The summed E-state index contributed by atoms with van der Waals surface area (Å²) < 4.78 is 9.34. The molecule has 0 bridgehead atoms. The largest absolute Gasteiger partial charge is 0.469 e. The van der Waals surface area contributed by atoms with Crippen LogP contribution >= 0.6 is 0 Å². The lowest BCUT2D eigenvalue weighted by Crippen LogP contribution is -2.26. The molecule has 0 radical (unpaired) electrons. The minimum atomic E-state index is -0.209. The van der Waals surface area contributed by atoms with Gasteiger partial charge < -0.3 is 9.47 Å². The second-order valence-electron chi connectivity index (χ2n) is 11.3. The topological polar surface area (TPSA) is 52.6 Å². The maximum Gasteiger partial charge on any atom is 0.330 e. The van der Waals surface area contributed by atoms with Gasteiger partial charge in [-0.15, -0.1) is 0 Å². The molecule has 30 heavy (non-hydrogen) atoms. The van der Waals surface area contributed by atoms with Gasteiger partial charge in [0.05, 0.1) is 14.2 Å². The van der Waals surface area contributed by atoms with Crippen LogP contribution in [0.15, 0.2) is 11.6 Å². The molecule has 0 aliphatic heterocycles. The summed E-state index contributed by atoms with van der Waals surface area (Å²) in [7, 11) is 2.91. The monoisotopic (exact) mass is 422 g/mol. The smallest absolute Gasteiger partial charge is 0.330 e. The molecule has 0 unspecified atom stereocenters. The van der Waals surface area contributed by atoms with Gasteiger partial charge in [-0.05, 0) is 80.0 Å². The van der Waals surface area contributed by atoms with Crippen LogP contribution < -0.4 is 0 Å². The van der Waals surface area contributed by atoms with E-state index in [1.54, 1.807) is 6.08 Å². The molecule has 0 aromatic rings. The fourth-order valence-electron chi connectivity index (χ4n) is 4.78. The summed E-state index contributed by atoms with van der Waals surface area (Å²) in [5, 5.41) is 0. The number of hydrogen-bond acceptors (Lipinski definition) is 4. The van der Waals surface area contributed by atoms with Crippen molar-refractivity contribution in [3.05, 3.63) is 11.6 Å². The van der Waals surface area contributed by atoms with Gasteiger partial charge in [0.2, 0.25) is 0 Å². The first kappa shape index (κ1) is 26.7. The van der Waals surface area contributed by atoms with E-state index in [4.69, 9.17) is 4.74 Å². The van der Waals surface area contributed by atoms with E-state index in [-0.39, 0.29) is 11.9 Å². The minimum Gasteiger partial charge on any atom is -0.469 e. The molecule has 0 aromatic heterocycles. The lowest BCUT2D eigenvalue weighted by Gasteiger charge is -2.36. The van der Waals surface area contributed by atoms with Crippen molar-refractivity contribution >= 4 is 11.9 Å². The van der Waals surface area contributed by atoms with Gasteiger partial charge in [-0.1, -0.05) is 47.1 Å². The van der Waals surface area contributed by atoms with E-state index in [2.05, 4.69) is 46.3 Å². The molecule has 0 atom stereocenters. The van der Waals surface area contributed by atoms with Crippen molar-refractivity contribution in [3.8, 4) is 0 Å². The van der Waals surface area contributed by atoms with Crippen LogP contribution in [0.3, 0.4) is 0 Å². The molecular formula is C26H46O4. The highest BCUT2D eigenvalue weighted by Gasteiger charge is 2.30. The minimum absolute atomic E-state index is 0.0470. The second-order valence-corrected chi connectivity index (χ2v) is 11.3. The van der Waals surface area contributed by atoms with E-state index in [0.717, 1.165) is 24.7 Å². The maximum absolute atomic E-state index is 11.1. The molecule has 2 saturated carbocycles. The average Bonchev–Trinajstić information content (AvgIpc) is 2.67. The number of carbonyl (C=O) groups excluding carboxylic acids is 2. The first-order valence-corrected chi connectivity index (χ1v) is 11.7. The summed E-state index contributed by atoms with van der Waals surface area (Å²) in [6.07, 6.45) is 11.7. The Bertz CT molecular complexity index is 559. The predicted molar refractivity (Wildman–Crippen MR) is 123 cm³/mol. The van der Waals surface area contributed by atoms with Crippen LogP contribution in [0.4, 0.5) is 0 Å². The van der Waals surface area contributed by atoms with Crippen molar-refractivity contribution in [3.63, 3.8) is 0 Å². The molecule has 0 heterocycles. The number of rotatable bonds is 3. The van der Waals surface area contributed by atoms with Crippen LogP contribution in [-0.2, 0) is 19.1 Å². The molecule has 0 amide bonds. The van der Waals surface area contributed by atoms with Gasteiger partial charge in [0, 0.05) is 12.5 Å². The van der Waals surface area contributed by atoms with Gasteiger partial charge in [-0.2, -0.15) is 0 Å².